The first-order valence-corrected chi connectivity index (χ1v) is 10.1. The van der Waals surface area contributed by atoms with Gasteiger partial charge in [-0.25, -0.2) is 4.98 Å². The molecule has 0 fully saturated rings. The topological polar surface area (TPSA) is 80.3 Å². The van der Waals surface area contributed by atoms with Crippen molar-refractivity contribution in [2.75, 3.05) is 12.4 Å². The van der Waals surface area contributed by atoms with Crippen molar-refractivity contribution in [3.8, 4) is 17.0 Å². The van der Waals surface area contributed by atoms with Gasteiger partial charge in [0.2, 0.25) is 11.8 Å². The second-order valence-corrected chi connectivity index (χ2v) is 7.56. The van der Waals surface area contributed by atoms with Crippen LogP contribution >= 0.6 is 22.9 Å². The molecular formula is C21H20ClN3O3S. The third kappa shape index (κ3) is 5.56. The zero-order valence-electron chi connectivity index (χ0n) is 15.9. The molecule has 2 N–H and O–H groups in total. The number of anilines is 1. The van der Waals surface area contributed by atoms with E-state index in [0.717, 1.165) is 17.0 Å². The van der Waals surface area contributed by atoms with Crippen molar-refractivity contribution in [2.45, 2.75) is 19.4 Å². The van der Waals surface area contributed by atoms with E-state index in [1.54, 1.807) is 25.3 Å². The Kier molecular flexibility index (Phi) is 6.85. The average Bonchev–Trinajstić information content (AvgIpc) is 3.16. The van der Waals surface area contributed by atoms with E-state index in [9.17, 15) is 9.59 Å². The molecular weight excluding hydrogens is 410 g/mol. The number of benzene rings is 2. The molecule has 0 saturated heterocycles. The zero-order chi connectivity index (χ0) is 20.8. The van der Waals surface area contributed by atoms with Crippen molar-refractivity contribution >= 4 is 39.9 Å². The highest BCUT2D eigenvalue weighted by Gasteiger charge is 2.20. The number of methoxy groups -OCH3 is 1. The fraction of sp³-hybridized carbons (Fsp3) is 0.190. The number of aromatic nitrogens is 1. The molecule has 1 aromatic heterocycles. The summed E-state index contributed by atoms with van der Waals surface area (Å²) in [5, 5.41) is 8.43. The highest BCUT2D eigenvalue weighted by molar-refractivity contribution is 7.14. The third-order valence-electron chi connectivity index (χ3n) is 4.18. The minimum atomic E-state index is -0.526. The van der Waals surface area contributed by atoms with Crippen molar-refractivity contribution < 1.29 is 14.3 Å². The Morgan fingerprint density at radius 1 is 1.17 bits per heavy atom. The average molecular weight is 430 g/mol. The Morgan fingerprint density at radius 2 is 1.90 bits per heavy atom. The van der Waals surface area contributed by atoms with Gasteiger partial charge in [0.25, 0.3) is 0 Å². The van der Waals surface area contributed by atoms with Crippen LogP contribution in [0.15, 0.2) is 53.9 Å². The van der Waals surface area contributed by atoms with Gasteiger partial charge in [-0.05, 0) is 35.9 Å². The number of carbonyl (C=O) groups is 2. The molecule has 0 radical (unpaired) electrons. The number of hydrogen-bond acceptors (Lipinski definition) is 5. The predicted octanol–water partition coefficient (Wildman–Crippen LogP) is 4.68. The lowest BCUT2D eigenvalue weighted by molar-refractivity contribution is -0.120. The summed E-state index contributed by atoms with van der Waals surface area (Å²) in [4.78, 5) is 28.6. The van der Waals surface area contributed by atoms with Gasteiger partial charge in [-0.2, -0.15) is 0 Å². The first-order chi connectivity index (χ1) is 14.0. The Bertz CT molecular complexity index is 1000. The van der Waals surface area contributed by atoms with Crippen molar-refractivity contribution in [2.24, 2.45) is 0 Å². The van der Waals surface area contributed by atoms with Gasteiger partial charge in [0, 0.05) is 22.9 Å². The van der Waals surface area contributed by atoms with Gasteiger partial charge < -0.3 is 15.4 Å². The quantitative estimate of drug-likeness (QED) is 0.571. The summed E-state index contributed by atoms with van der Waals surface area (Å²) in [7, 11) is 1.61. The normalized spacial score (nSPS) is 11.6. The Labute approximate surface area is 177 Å². The molecule has 2 amide bonds. The summed E-state index contributed by atoms with van der Waals surface area (Å²) in [6.07, 6.45) is 0.0424. The molecule has 0 spiro atoms. The van der Waals surface area contributed by atoms with E-state index in [1.165, 1.54) is 18.3 Å². The molecule has 6 nitrogen and oxygen atoms in total. The first-order valence-electron chi connectivity index (χ1n) is 8.87. The van der Waals surface area contributed by atoms with Crippen LogP contribution in [0, 0.1) is 0 Å². The van der Waals surface area contributed by atoms with Crippen LogP contribution in [0.3, 0.4) is 0 Å². The summed E-state index contributed by atoms with van der Waals surface area (Å²) in [6.45, 7) is 1.41. The molecule has 0 aliphatic rings. The van der Waals surface area contributed by atoms with Crippen LogP contribution in [-0.4, -0.2) is 23.9 Å². The standard InChI is InChI=1S/C21H20ClN3O3S/c1-13(26)23-18(16-5-3-4-6-17(16)22)11-20(27)25-21-24-19(12-29-21)14-7-9-15(28-2)10-8-14/h3-10,12,18H,11H2,1-2H3,(H,23,26)(H,24,25,27). The van der Waals surface area contributed by atoms with E-state index in [0.29, 0.717) is 15.7 Å². The minimum absolute atomic E-state index is 0.0424. The lowest BCUT2D eigenvalue weighted by atomic mass is 10.0. The lowest BCUT2D eigenvalue weighted by Gasteiger charge is -2.18. The second-order valence-electron chi connectivity index (χ2n) is 6.29. The summed E-state index contributed by atoms with van der Waals surface area (Å²) >= 11 is 7.57. The number of thiazole rings is 1. The molecule has 29 heavy (non-hydrogen) atoms. The van der Waals surface area contributed by atoms with Crippen LogP contribution in [0.4, 0.5) is 5.13 Å². The van der Waals surface area contributed by atoms with E-state index in [1.807, 2.05) is 35.7 Å². The largest absolute Gasteiger partial charge is 0.497 e. The van der Waals surface area contributed by atoms with Gasteiger partial charge in [0.1, 0.15) is 5.75 Å². The van der Waals surface area contributed by atoms with Crippen LogP contribution < -0.4 is 15.4 Å². The van der Waals surface area contributed by atoms with Crippen molar-refractivity contribution in [3.05, 3.63) is 64.5 Å². The molecule has 1 unspecified atom stereocenters. The maximum Gasteiger partial charge on any atom is 0.228 e. The molecule has 1 atom stereocenters. The zero-order valence-corrected chi connectivity index (χ0v) is 17.5. The van der Waals surface area contributed by atoms with Gasteiger partial charge in [-0.15, -0.1) is 11.3 Å². The number of halogens is 1. The summed E-state index contributed by atoms with van der Waals surface area (Å²) in [6, 6.07) is 14.1. The number of nitrogens with zero attached hydrogens (tertiary/aromatic N) is 1. The molecule has 0 aliphatic heterocycles. The summed E-state index contributed by atoms with van der Waals surface area (Å²) in [5.41, 5.74) is 2.38. The van der Waals surface area contributed by atoms with Gasteiger partial charge in [-0.1, -0.05) is 29.8 Å². The van der Waals surface area contributed by atoms with E-state index in [-0.39, 0.29) is 18.2 Å². The molecule has 8 heteroatoms. The molecule has 1 heterocycles. The Hall–Kier alpha value is -2.90. The van der Waals surface area contributed by atoms with E-state index in [2.05, 4.69) is 15.6 Å². The van der Waals surface area contributed by atoms with E-state index < -0.39 is 6.04 Å². The van der Waals surface area contributed by atoms with E-state index >= 15 is 0 Å². The van der Waals surface area contributed by atoms with Crippen molar-refractivity contribution in [1.82, 2.24) is 10.3 Å². The molecule has 3 aromatic rings. The van der Waals surface area contributed by atoms with Crippen LogP contribution in [0.1, 0.15) is 24.9 Å². The number of amides is 2. The first kappa shape index (κ1) is 20.8. The number of carbonyl (C=O) groups excluding carboxylic acids is 2. The molecule has 0 aliphatic carbocycles. The Balaban J connectivity index is 1.69. The van der Waals surface area contributed by atoms with Crippen molar-refractivity contribution in [1.29, 1.82) is 0 Å². The predicted molar refractivity (Wildman–Crippen MR) is 115 cm³/mol. The molecule has 3 rings (SSSR count). The lowest BCUT2D eigenvalue weighted by Crippen LogP contribution is -2.30. The third-order valence-corrected chi connectivity index (χ3v) is 5.29. The Morgan fingerprint density at radius 3 is 2.55 bits per heavy atom. The maximum atomic E-state index is 12.6. The van der Waals surface area contributed by atoms with Crippen LogP contribution in [-0.2, 0) is 9.59 Å². The maximum absolute atomic E-state index is 12.6. The van der Waals surface area contributed by atoms with E-state index in [4.69, 9.17) is 16.3 Å². The molecule has 2 aromatic carbocycles. The monoisotopic (exact) mass is 429 g/mol. The number of rotatable bonds is 7. The van der Waals surface area contributed by atoms with Crippen LogP contribution in [0.2, 0.25) is 5.02 Å². The van der Waals surface area contributed by atoms with Crippen LogP contribution in [0.5, 0.6) is 5.75 Å². The van der Waals surface area contributed by atoms with Gasteiger partial charge >= 0.3 is 0 Å². The number of ether oxygens (including phenoxy) is 1. The number of hydrogen-bond donors (Lipinski definition) is 2. The number of nitrogens with one attached hydrogen (secondary N) is 2. The summed E-state index contributed by atoms with van der Waals surface area (Å²) in [5.74, 6) is 0.263. The minimum Gasteiger partial charge on any atom is -0.497 e. The highest BCUT2D eigenvalue weighted by Crippen LogP contribution is 2.28. The van der Waals surface area contributed by atoms with Gasteiger partial charge in [0.05, 0.1) is 25.3 Å². The van der Waals surface area contributed by atoms with Crippen LogP contribution in [0.25, 0.3) is 11.3 Å². The van der Waals surface area contributed by atoms with Crippen molar-refractivity contribution in [3.63, 3.8) is 0 Å². The fourth-order valence-electron chi connectivity index (χ4n) is 2.82. The summed E-state index contributed by atoms with van der Waals surface area (Å²) < 4.78 is 5.16. The SMILES string of the molecule is COc1ccc(-c2csc(NC(=O)CC(NC(C)=O)c3ccccc3Cl)n2)cc1. The second kappa shape index (κ2) is 9.54. The fourth-order valence-corrected chi connectivity index (χ4v) is 3.83. The molecule has 0 bridgehead atoms. The van der Waals surface area contributed by atoms with Gasteiger partial charge in [0.15, 0.2) is 5.13 Å². The smallest absolute Gasteiger partial charge is 0.228 e. The van der Waals surface area contributed by atoms with Gasteiger partial charge in [-0.3, -0.25) is 9.59 Å². The highest BCUT2D eigenvalue weighted by atomic mass is 35.5. The molecule has 150 valence electrons. The molecule has 0 saturated carbocycles.